The molecule has 0 radical (unpaired) electrons. The third kappa shape index (κ3) is 63.7. The van der Waals surface area contributed by atoms with Crippen molar-refractivity contribution < 1.29 is 28.6 Å². The molecule has 0 aliphatic heterocycles. The first kappa shape index (κ1) is 74.8. The zero-order valence-corrected chi connectivity index (χ0v) is 51.9. The summed E-state index contributed by atoms with van der Waals surface area (Å²) in [6.45, 7) is 6.55. The second kappa shape index (κ2) is 66.4. The van der Waals surface area contributed by atoms with Crippen LogP contribution in [0.25, 0.3) is 0 Å². The van der Waals surface area contributed by atoms with E-state index in [1.54, 1.807) is 0 Å². The van der Waals surface area contributed by atoms with Gasteiger partial charge in [0, 0.05) is 19.3 Å². The van der Waals surface area contributed by atoms with E-state index < -0.39 is 6.10 Å². The van der Waals surface area contributed by atoms with Crippen molar-refractivity contribution >= 4 is 17.9 Å². The molecule has 0 spiro atoms. The van der Waals surface area contributed by atoms with Crippen LogP contribution in [0.15, 0.2) is 72.9 Å². The Kier molecular flexibility index (Phi) is 63.7. The largest absolute Gasteiger partial charge is 0.462 e. The number of allylic oxidation sites excluding steroid dienone is 12. The number of hydrogen-bond donors (Lipinski definition) is 0. The molecule has 0 saturated carbocycles. The van der Waals surface area contributed by atoms with E-state index in [0.717, 1.165) is 96.3 Å². The fourth-order valence-electron chi connectivity index (χ4n) is 9.88. The molecule has 6 nitrogen and oxygen atoms in total. The Morgan fingerprint density at radius 3 is 0.795 bits per heavy atom. The van der Waals surface area contributed by atoms with Crippen LogP contribution >= 0.6 is 0 Å². The maximum Gasteiger partial charge on any atom is 0.306 e. The molecule has 0 N–H and O–H groups in total. The third-order valence-electron chi connectivity index (χ3n) is 14.9. The highest BCUT2D eigenvalue weighted by molar-refractivity contribution is 5.71. The molecule has 0 amide bonds. The van der Waals surface area contributed by atoms with E-state index in [-0.39, 0.29) is 31.1 Å². The van der Waals surface area contributed by atoms with Crippen molar-refractivity contribution in [2.45, 2.75) is 354 Å². The van der Waals surface area contributed by atoms with Gasteiger partial charge in [0.15, 0.2) is 6.10 Å². The lowest BCUT2D eigenvalue weighted by Crippen LogP contribution is -2.30. The van der Waals surface area contributed by atoms with E-state index in [2.05, 4.69) is 93.7 Å². The van der Waals surface area contributed by atoms with Crippen LogP contribution in [0.5, 0.6) is 0 Å². The molecule has 0 saturated heterocycles. The molecule has 0 aromatic heterocycles. The molecule has 0 aliphatic rings. The minimum atomic E-state index is -0.776. The maximum absolute atomic E-state index is 12.9. The van der Waals surface area contributed by atoms with Crippen molar-refractivity contribution in [2.75, 3.05) is 13.2 Å². The molecule has 6 heteroatoms. The zero-order valence-electron chi connectivity index (χ0n) is 51.9. The van der Waals surface area contributed by atoms with E-state index >= 15 is 0 Å². The summed E-state index contributed by atoms with van der Waals surface area (Å²) in [6, 6.07) is 0. The summed E-state index contributed by atoms with van der Waals surface area (Å²) >= 11 is 0. The minimum absolute atomic E-state index is 0.0733. The van der Waals surface area contributed by atoms with Gasteiger partial charge in [0.05, 0.1) is 0 Å². The third-order valence-corrected chi connectivity index (χ3v) is 14.9. The predicted molar refractivity (Wildman–Crippen MR) is 339 cm³/mol. The average Bonchev–Trinajstić information content (AvgIpc) is 3.44. The van der Waals surface area contributed by atoms with Crippen molar-refractivity contribution in [3.8, 4) is 0 Å². The Balaban J connectivity index is 4.21. The maximum atomic E-state index is 12.9. The summed E-state index contributed by atoms with van der Waals surface area (Å²) in [5.74, 6) is -0.864. The molecular weight excluding hydrogens is 961 g/mol. The van der Waals surface area contributed by atoms with Crippen molar-refractivity contribution in [3.05, 3.63) is 72.9 Å². The standard InChI is InChI=1S/C72H128O6/c1-4-7-10-13-16-19-22-24-26-28-30-32-34-36-38-40-42-44-46-48-50-53-56-59-62-65-71(74)77-68-69(67-76-70(73)64-61-58-55-52-21-18-15-12-9-6-3)78-72(75)66-63-60-57-54-51-49-47-45-43-41-39-37-35-33-31-29-27-25-23-20-17-14-11-8-5-2/h7,10,16,19,24,26,29-32,36,38,69H,4-6,8-9,11-15,17-18,20-23,25,27-28,33-35,37,39-68H2,1-3H3/b10-7-,19-16-,26-24-,31-29-,32-30-,38-36-. The second-order valence-corrected chi connectivity index (χ2v) is 22.7. The number of hydrogen-bond acceptors (Lipinski definition) is 6. The topological polar surface area (TPSA) is 78.9 Å². The van der Waals surface area contributed by atoms with Gasteiger partial charge < -0.3 is 14.2 Å². The van der Waals surface area contributed by atoms with Gasteiger partial charge in [0.25, 0.3) is 0 Å². The Morgan fingerprint density at radius 2 is 0.500 bits per heavy atom. The SMILES string of the molecule is CC/C=C\C/C=C\C/C=C\C/C=C\C/C=C\CCCCCCCCCCCC(=O)OCC(COC(=O)CCCCCCCCCCCC)OC(=O)CCCCCCCCCCCCCCC/C=C\CCCCCCCCCC. The molecule has 0 aliphatic carbocycles. The first-order valence-corrected chi connectivity index (χ1v) is 33.9. The van der Waals surface area contributed by atoms with E-state index in [1.807, 2.05) is 0 Å². The highest BCUT2D eigenvalue weighted by atomic mass is 16.6. The molecule has 0 aromatic rings. The quantitative estimate of drug-likeness (QED) is 0.0261. The lowest BCUT2D eigenvalue weighted by molar-refractivity contribution is -0.167. The molecule has 1 unspecified atom stereocenters. The van der Waals surface area contributed by atoms with Gasteiger partial charge >= 0.3 is 17.9 Å². The van der Waals surface area contributed by atoms with Gasteiger partial charge in [0.2, 0.25) is 0 Å². The van der Waals surface area contributed by atoms with Crippen LogP contribution in [0.4, 0.5) is 0 Å². The molecule has 0 rings (SSSR count). The number of rotatable bonds is 62. The predicted octanol–water partition coefficient (Wildman–Crippen LogP) is 23.3. The monoisotopic (exact) mass is 1090 g/mol. The molecule has 0 aromatic carbocycles. The van der Waals surface area contributed by atoms with Crippen molar-refractivity contribution in [1.82, 2.24) is 0 Å². The lowest BCUT2D eigenvalue weighted by atomic mass is 10.0. The van der Waals surface area contributed by atoms with Crippen LogP contribution in [0, 0.1) is 0 Å². The Hall–Kier alpha value is -3.15. The van der Waals surface area contributed by atoms with Crippen molar-refractivity contribution in [3.63, 3.8) is 0 Å². The van der Waals surface area contributed by atoms with Gasteiger partial charge in [-0.05, 0) is 89.9 Å². The number of carbonyl (C=O) groups is 3. The summed E-state index contributed by atoms with van der Waals surface area (Å²) < 4.78 is 16.9. The number of unbranched alkanes of at least 4 members (excludes halogenated alkanes) is 39. The van der Waals surface area contributed by atoms with Gasteiger partial charge in [0.1, 0.15) is 13.2 Å². The smallest absolute Gasteiger partial charge is 0.306 e. The van der Waals surface area contributed by atoms with Gasteiger partial charge in [-0.2, -0.15) is 0 Å². The summed E-state index contributed by atoms with van der Waals surface area (Å²) in [5, 5.41) is 0. The summed E-state index contributed by atoms with van der Waals surface area (Å²) in [6.07, 6.45) is 86.4. The first-order valence-electron chi connectivity index (χ1n) is 33.9. The Labute approximate surface area is 484 Å². The minimum Gasteiger partial charge on any atom is -0.462 e. The van der Waals surface area contributed by atoms with Crippen LogP contribution in [-0.4, -0.2) is 37.2 Å². The van der Waals surface area contributed by atoms with Crippen LogP contribution < -0.4 is 0 Å². The Morgan fingerprint density at radius 1 is 0.269 bits per heavy atom. The van der Waals surface area contributed by atoms with Crippen LogP contribution in [0.3, 0.4) is 0 Å². The molecule has 0 heterocycles. The molecule has 0 bridgehead atoms. The fraction of sp³-hybridized carbons (Fsp3) is 0.792. The fourth-order valence-corrected chi connectivity index (χ4v) is 9.88. The summed E-state index contributed by atoms with van der Waals surface area (Å²) in [5.41, 5.74) is 0. The highest BCUT2D eigenvalue weighted by Gasteiger charge is 2.19. The molecule has 0 fully saturated rings. The molecule has 452 valence electrons. The summed E-state index contributed by atoms with van der Waals surface area (Å²) in [4.78, 5) is 38.3. The normalized spacial score (nSPS) is 12.5. The van der Waals surface area contributed by atoms with Gasteiger partial charge in [-0.25, -0.2) is 0 Å². The average molecular weight is 1090 g/mol. The number of ether oxygens (including phenoxy) is 3. The molecule has 1 atom stereocenters. The van der Waals surface area contributed by atoms with Gasteiger partial charge in [-0.1, -0.05) is 312 Å². The van der Waals surface area contributed by atoms with E-state index in [9.17, 15) is 14.4 Å². The number of carbonyl (C=O) groups excluding carboxylic acids is 3. The van der Waals surface area contributed by atoms with E-state index in [1.165, 1.54) is 212 Å². The van der Waals surface area contributed by atoms with Crippen molar-refractivity contribution in [2.24, 2.45) is 0 Å². The first-order chi connectivity index (χ1) is 38.5. The molecule has 78 heavy (non-hydrogen) atoms. The summed E-state index contributed by atoms with van der Waals surface area (Å²) in [7, 11) is 0. The molecular formula is C72H128O6. The van der Waals surface area contributed by atoms with Crippen LogP contribution in [0.2, 0.25) is 0 Å². The van der Waals surface area contributed by atoms with Gasteiger partial charge in [-0.15, -0.1) is 0 Å². The van der Waals surface area contributed by atoms with E-state index in [4.69, 9.17) is 14.2 Å². The van der Waals surface area contributed by atoms with E-state index in [0.29, 0.717) is 19.3 Å². The van der Waals surface area contributed by atoms with Crippen LogP contribution in [0.1, 0.15) is 348 Å². The van der Waals surface area contributed by atoms with Crippen LogP contribution in [-0.2, 0) is 28.6 Å². The van der Waals surface area contributed by atoms with Gasteiger partial charge in [-0.3, -0.25) is 14.4 Å². The Bertz CT molecular complexity index is 1440. The lowest BCUT2D eigenvalue weighted by Gasteiger charge is -2.18. The second-order valence-electron chi connectivity index (χ2n) is 22.7. The van der Waals surface area contributed by atoms with Crippen molar-refractivity contribution in [1.29, 1.82) is 0 Å². The zero-order chi connectivity index (χ0) is 56.4. The highest BCUT2D eigenvalue weighted by Crippen LogP contribution is 2.17. The number of esters is 3.